The maximum atomic E-state index is 5.13. The summed E-state index contributed by atoms with van der Waals surface area (Å²) in [6.45, 7) is 8.90. The zero-order chi connectivity index (χ0) is 11.1. The maximum absolute atomic E-state index is 5.13. The van der Waals surface area contributed by atoms with E-state index in [2.05, 4.69) is 24.5 Å². The van der Waals surface area contributed by atoms with E-state index in [4.69, 9.17) is 4.74 Å². The van der Waals surface area contributed by atoms with E-state index in [1.165, 1.54) is 12.8 Å². The Hall–Kier alpha value is -0.120. The highest BCUT2D eigenvalue weighted by Gasteiger charge is 2.20. The average Bonchev–Trinajstić information content (AvgIpc) is 2.25. The minimum Gasteiger partial charge on any atom is -0.385 e. The lowest BCUT2D eigenvalue weighted by atomic mass is 9.89. The van der Waals surface area contributed by atoms with Gasteiger partial charge in [-0.2, -0.15) is 0 Å². The summed E-state index contributed by atoms with van der Waals surface area (Å²) in [6, 6.07) is 0.716. The molecule has 2 N–H and O–H groups in total. The van der Waals surface area contributed by atoms with E-state index in [1.807, 2.05) is 0 Å². The molecular weight excluding hydrogens is 188 g/mol. The van der Waals surface area contributed by atoms with Gasteiger partial charge in [0.15, 0.2) is 0 Å². The average molecular weight is 214 g/mol. The zero-order valence-corrected chi connectivity index (χ0v) is 10.4. The Bertz CT molecular complexity index is 165. The molecule has 1 heterocycles. The summed E-state index contributed by atoms with van der Waals surface area (Å²) in [7, 11) is 1.77. The van der Waals surface area contributed by atoms with Gasteiger partial charge in [0, 0.05) is 26.3 Å². The molecule has 0 amide bonds. The Kier molecular flexibility index (Phi) is 5.58. The summed E-state index contributed by atoms with van der Waals surface area (Å²) in [5.41, 5.74) is 0.348. The van der Waals surface area contributed by atoms with Gasteiger partial charge in [-0.1, -0.05) is 13.8 Å². The number of rotatable bonds is 6. The number of piperidine rings is 1. The molecule has 0 saturated carbocycles. The van der Waals surface area contributed by atoms with E-state index in [1.54, 1.807) is 7.11 Å². The van der Waals surface area contributed by atoms with Crippen molar-refractivity contribution in [3.8, 4) is 0 Å². The first-order valence-electron chi connectivity index (χ1n) is 6.07. The summed E-state index contributed by atoms with van der Waals surface area (Å²) in [6.07, 6.45) is 3.65. The van der Waals surface area contributed by atoms with Crippen molar-refractivity contribution in [2.75, 3.05) is 33.4 Å². The van der Waals surface area contributed by atoms with Gasteiger partial charge < -0.3 is 15.4 Å². The van der Waals surface area contributed by atoms with Crippen LogP contribution in [-0.4, -0.2) is 39.4 Å². The Morgan fingerprint density at radius 1 is 1.33 bits per heavy atom. The van der Waals surface area contributed by atoms with Gasteiger partial charge >= 0.3 is 0 Å². The quantitative estimate of drug-likeness (QED) is 0.701. The molecule has 90 valence electrons. The topological polar surface area (TPSA) is 33.3 Å². The highest BCUT2D eigenvalue weighted by molar-refractivity contribution is 4.78. The third kappa shape index (κ3) is 5.50. The molecule has 0 aromatic heterocycles. The van der Waals surface area contributed by atoms with Crippen LogP contribution < -0.4 is 10.6 Å². The molecule has 15 heavy (non-hydrogen) atoms. The molecule has 1 aliphatic rings. The van der Waals surface area contributed by atoms with E-state index >= 15 is 0 Å². The van der Waals surface area contributed by atoms with Crippen LogP contribution in [0.5, 0.6) is 0 Å². The molecular formula is C12H26N2O. The summed E-state index contributed by atoms with van der Waals surface area (Å²) >= 11 is 0. The molecule has 1 fully saturated rings. The number of hydrogen-bond donors (Lipinski definition) is 2. The van der Waals surface area contributed by atoms with Gasteiger partial charge in [-0.15, -0.1) is 0 Å². The van der Waals surface area contributed by atoms with Gasteiger partial charge in [-0.3, -0.25) is 0 Å². The fraction of sp³-hybridized carbons (Fsp3) is 1.00. The standard InChI is InChI=1S/C12H26N2O/c1-12(2,6-9-15-3)10-14-11-4-7-13-8-5-11/h11,13-14H,4-10H2,1-3H3. The number of nitrogens with one attached hydrogen (secondary N) is 2. The molecule has 0 unspecified atom stereocenters. The second kappa shape index (κ2) is 6.46. The van der Waals surface area contributed by atoms with E-state index in [0.29, 0.717) is 11.5 Å². The number of hydrogen-bond acceptors (Lipinski definition) is 3. The largest absolute Gasteiger partial charge is 0.385 e. The molecule has 0 aromatic rings. The SMILES string of the molecule is COCCC(C)(C)CNC1CCNCC1. The van der Waals surface area contributed by atoms with Crippen LogP contribution in [0.15, 0.2) is 0 Å². The molecule has 0 aromatic carbocycles. The maximum Gasteiger partial charge on any atom is 0.0467 e. The monoisotopic (exact) mass is 214 g/mol. The molecule has 0 atom stereocenters. The van der Waals surface area contributed by atoms with Crippen LogP contribution >= 0.6 is 0 Å². The third-order valence-corrected chi connectivity index (χ3v) is 3.19. The smallest absolute Gasteiger partial charge is 0.0467 e. The molecule has 0 bridgehead atoms. The molecule has 3 nitrogen and oxygen atoms in total. The van der Waals surface area contributed by atoms with Gasteiger partial charge in [0.05, 0.1) is 0 Å². The van der Waals surface area contributed by atoms with Crippen molar-refractivity contribution in [1.82, 2.24) is 10.6 Å². The van der Waals surface area contributed by atoms with Crippen LogP contribution in [0.25, 0.3) is 0 Å². The lowest BCUT2D eigenvalue weighted by Gasteiger charge is -2.30. The lowest BCUT2D eigenvalue weighted by Crippen LogP contribution is -2.43. The Labute approximate surface area is 94.0 Å². The van der Waals surface area contributed by atoms with Gasteiger partial charge in [0.25, 0.3) is 0 Å². The molecule has 0 spiro atoms. The van der Waals surface area contributed by atoms with E-state index in [0.717, 1.165) is 32.7 Å². The summed E-state index contributed by atoms with van der Waals surface area (Å²) in [5, 5.41) is 7.06. The van der Waals surface area contributed by atoms with Crippen molar-refractivity contribution < 1.29 is 4.74 Å². The fourth-order valence-electron chi connectivity index (χ4n) is 1.91. The van der Waals surface area contributed by atoms with Gasteiger partial charge in [-0.25, -0.2) is 0 Å². The van der Waals surface area contributed by atoms with Crippen LogP contribution in [-0.2, 0) is 4.74 Å². The van der Waals surface area contributed by atoms with E-state index in [9.17, 15) is 0 Å². The molecule has 1 aliphatic heterocycles. The second-order valence-corrected chi connectivity index (χ2v) is 5.31. The molecule has 1 rings (SSSR count). The van der Waals surface area contributed by atoms with E-state index < -0.39 is 0 Å². The van der Waals surface area contributed by atoms with Gasteiger partial charge in [0.2, 0.25) is 0 Å². The summed E-state index contributed by atoms with van der Waals surface area (Å²) < 4.78 is 5.13. The second-order valence-electron chi connectivity index (χ2n) is 5.31. The number of methoxy groups -OCH3 is 1. The minimum atomic E-state index is 0.348. The predicted octanol–water partition coefficient (Wildman–Crippen LogP) is 1.39. The first-order valence-corrected chi connectivity index (χ1v) is 6.07. The van der Waals surface area contributed by atoms with Crippen molar-refractivity contribution in [3.05, 3.63) is 0 Å². The zero-order valence-electron chi connectivity index (χ0n) is 10.4. The highest BCUT2D eigenvalue weighted by atomic mass is 16.5. The Balaban J connectivity index is 2.15. The normalized spacial score (nSPS) is 19.4. The molecule has 3 heteroatoms. The van der Waals surface area contributed by atoms with Crippen molar-refractivity contribution in [3.63, 3.8) is 0 Å². The van der Waals surface area contributed by atoms with Crippen molar-refractivity contribution in [1.29, 1.82) is 0 Å². The van der Waals surface area contributed by atoms with Crippen LogP contribution in [0.2, 0.25) is 0 Å². The highest BCUT2D eigenvalue weighted by Crippen LogP contribution is 2.19. The Morgan fingerprint density at radius 3 is 2.60 bits per heavy atom. The Morgan fingerprint density at radius 2 is 2.00 bits per heavy atom. The van der Waals surface area contributed by atoms with Crippen molar-refractivity contribution in [2.45, 2.75) is 39.2 Å². The first-order chi connectivity index (χ1) is 7.14. The first kappa shape index (κ1) is 12.9. The van der Waals surface area contributed by atoms with Gasteiger partial charge in [-0.05, 0) is 37.8 Å². The predicted molar refractivity (Wildman–Crippen MR) is 64.2 cm³/mol. The third-order valence-electron chi connectivity index (χ3n) is 3.19. The van der Waals surface area contributed by atoms with E-state index in [-0.39, 0.29) is 0 Å². The number of ether oxygens (including phenoxy) is 1. The molecule has 0 aliphatic carbocycles. The summed E-state index contributed by atoms with van der Waals surface area (Å²) in [5.74, 6) is 0. The van der Waals surface area contributed by atoms with Crippen LogP contribution in [0.1, 0.15) is 33.1 Å². The van der Waals surface area contributed by atoms with Crippen molar-refractivity contribution in [2.24, 2.45) is 5.41 Å². The fourth-order valence-corrected chi connectivity index (χ4v) is 1.91. The van der Waals surface area contributed by atoms with Gasteiger partial charge in [0.1, 0.15) is 0 Å². The molecule has 0 radical (unpaired) electrons. The van der Waals surface area contributed by atoms with Crippen molar-refractivity contribution >= 4 is 0 Å². The van der Waals surface area contributed by atoms with Crippen LogP contribution in [0.3, 0.4) is 0 Å². The molecule has 1 saturated heterocycles. The van der Waals surface area contributed by atoms with Crippen LogP contribution in [0, 0.1) is 5.41 Å². The minimum absolute atomic E-state index is 0.348. The lowest BCUT2D eigenvalue weighted by molar-refractivity contribution is 0.147. The summed E-state index contributed by atoms with van der Waals surface area (Å²) in [4.78, 5) is 0. The van der Waals surface area contributed by atoms with Crippen LogP contribution in [0.4, 0.5) is 0 Å².